The quantitative estimate of drug-likeness (QED) is 0.750. The van der Waals surface area contributed by atoms with E-state index < -0.39 is 0 Å². The summed E-state index contributed by atoms with van der Waals surface area (Å²) in [7, 11) is 0. The second-order valence-electron chi connectivity index (χ2n) is 7.01. The van der Waals surface area contributed by atoms with E-state index in [0.29, 0.717) is 12.0 Å². The van der Waals surface area contributed by atoms with E-state index in [-0.39, 0.29) is 0 Å². The summed E-state index contributed by atoms with van der Waals surface area (Å²) in [5.41, 5.74) is 0. The minimum atomic E-state index is 0.292. The number of hydrogen-bond donors (Lipinski definition) is 0. The van der Waals surface area contributed by atoms with Crippen LogP contribution in [0.25, 0.3) is 0 Å². The summed E-state index contributed by atoms with van der Waals surface area (Å²) in [5.74, 6) is 2.09. The highest BCUT2D eigenvalue weighted by atomic mass is 15.2. The van der Waals surface area contributed by atoms with Crippen LogP contribution < -0.4 is 0 Å². The van der Waals surface area contributed by atoms with Gasteiger partial charge in [-0.05, 0) is 63.5 Å². The molecule has 0 spiro atoms. The van der Waals surface area contributed by atoms with Crippen molar-refractivity contribution in [2.24, 2.45) is 17.8 Å². The minimum absolute atomic E-state index is 0.292. The molecule has 0 bridgehead atoms. The van der Waals surface area contributed by atoms with Crippen LogP contribution in [0, 0.1) is 29.1 Å². The fourth-order valence-corrected chi connectivity index (χ4v) is 4.37. The van der Waals surface area contributed by atoms with Gasteiger partial charge in [-0.3, -0.25) is 4.90 Å². The zero-order valence-electron chi connectivity index (χ0n) is 13.5. The molecule has 0 amide bonds. The number of nitrogens with zero attached hydrogens (tertiary/aromatic N) is 2. The Labute approximate surface area is 125 Å². The van der Waals surface area contributed by atoms with Gasteiger partial charge in [0.1, 0.15) is 0 Å². The number of rotatable bonds is 4. The minimum Gasteiger partial charge on any atom is -0.299 e. The highest BCUT2D eigenvalue weighted by Gasteiger charge is 2.34. The summed E-state index contributed by atoms with van der Waals surface area (Å²) in [6.07, 6.45) is 11.8. The fourth-order valence-electron chi connectivity index (χ4n) is 4.37. The SMILES string of the molecule is CCCC1CCCN(C2CC(CC)CCC2C#N)CC1. The maximum atomic E-state index is 9.48. The zero-order valence-corrected chi connectivity index (χ0v) is 13.5. The first-order valence-electron chi connectivity index (χ1n) is 8.92. The molecule has 2 rings (SSSR count). The Kier molecular flexibility index (Phi) is 6.36. The van der Waals surface area contributed by atoms with Crippen molar-refractivity contribution in [2.45, 2.75) is 77.7 Å². The van der Waals surface area contributed by atoms with Crippen LogP contribution in [0.5, 0.6) is 0 Å². The second-order valence-corrected chi connectivity index (χ2v) is 7.01. The summed E-state index contributed by atoms with van der Waals surface area (Å²) in [4.78, 5) is 2.69. The van der Waals surface area contributed by atoms with Gasteiger partial charge < -0.3 is 0 Å². The van der Waals surface area contributed by atoms with Crippen LogP contribution in [-0.2, 0) is 0 Å². The summed E-state index contributed by atoms with van der Waals surface area (Å²) in [5, 5.41) is 9.48. The van der Waals surface area contributed by atoms with Crippen molar-refractivity contribution < 1.29 is 0 Å². The van der Waals surface area contributed by atoms with E-state index in [1.165, 1.54) is 64.5 Å². The van der Waals surface area contributed by atoms with E-state index in [9.17, 15) is 5.26 Å². The lowest BCUT2D eigenvalue weighted by atomic mass is 9.77. The Morgan fingerprint density at radius 2 is 1.90 bits per heavy atom. The van der Waals surface area contributed by atoms with Crippen molar-refractivity contribution in [3.05, 3.63) is 0 Å². The highest BCUT2D eigenvalue weighted by Crippen LogP contribution is 2.35. The highest BCUT2D eigenvalue weighted by molar-refractivity contribution is 4.98. The van der Waals surface area contributed by atoms with Gasteiger partial charge >= 0.3 is 0 Å². The van der Waals surface area contributed by atoms with Crippen molar-refractivity contribution in [2.75, 3.05) is 13.1 Å². The van der Waals surface area contributed by atoms with E-state index in [2.05, 4.69) is 24.8 Å². The third-order valence-corrected chi connectivity index (χ3v) is 5.72. The van der Waals surface area contributed by atoms with Crippen LogP contribution in [0.3, 0.4) is 0 Å². The maximum absolute atomic E-state index is 9.48. The fraction of sp³-hybridized carbons (Fsp3) is 0.944. The molecule has 4 atom stereocenters. The Morgan fingerprint density at radius 1 is 1.05 bits per heavy atom. The normalized spacial score (nSPS) is 36.2. The van der Waals surface area contributed by atoms with Gasteiger partial charge in [0.25, 0.3) is 0 Å². The van der Waals surface area contributed by atoms with Crippen molar-refractivity contribution >= 4 is 0 Å². The van der Waals surface area contributed by atoms with Gasteiger partial charge in [-0.2, -0.15) is 5.26 Å². The molecule has 0 radical (unpaired) electrons. The molecule has 114 valence electrons. The lowest BCUT2D eigenvalue weighted by Crippen LogP contribution is -2.44. The van der Waals surface area contributed by atoms with Gasteiger partial charge in [-0.25, -0.2) is 0 Å². The largest absolute Gasteiger partial charge is 0.299 e. The first kappa shape index (κ1) is 15.8. The van der Waals surface area contributed by atoms with Crippen molar-refractivity contribution in [3.63, 3.8) is 0 Å². The van der Waals surface area contributed by atoms with Gasteiger partial charge in [0.15, 0.2) is 0 Å². The Hall–Kier alpha value is -0.550. The molecular formula is C18H32N2. The second kappa shape index (κ2) is 8.03. The standard InChI is InChI=1S/C18H32N2/c1-3-6-16-7-5-11-20(12-10-16)18-13-15(4-2)8-9-17(18)14-19/h15-18H,3-13H2,1-2H3. The molecule has 20 heavy (non-hydrogen) atoms. The molecule has 2 nitrogen and oxygen atoms in total. The van der Waals surface area contributed by atoms with Crippen LogP contribution in [0.4, 0.5) is 0 Å². The van der Waals surface area contributed by atoms with Crippen molar-refractivity contribution in [3.8, 4) is 6.07 Å². The van der Waals surface area contributed by atoms with Gasteiger partial charge in [-0.1, -0.05) is 33.1 Å². The summed E-state index contributed by atoms with van der Waals surface area (Å²) in [6, 6.07) is 3.17. The molecule has 2 aliphatic rings. The predicted molar refractivity (Wildman–Crippen MR) is 84.3 cm³/mol. The Bertz CT molecular complexity index is 320. The van der Waals surface area contributed by atoms with Gasteiger partial charge in [0.2, 0.25) is 0 Å². The third-order valence-electron chi connectivity index (χ3n) is 5.72. The Balaban J connectivity index is 1.95. The van der Waals surface area contributed by atoms with Crippen molar-refractivity contribution in [1.29, 1.82) is 5.26 Å². The van der Waals surface area contributed by atoms with Crippen LogP contribution in [0.15, 0.2) is 0 Å². The molecule has 1 heterocycles. The lowest BCUT2D eigenvalue weighted by molar-refractivity contribution is 0.102. The topological polar surface area (TPSA) is 27.0 Å². The molecule has 1 saturated carbocycles. The van der Waals surface area contributed by atoms with Crippen LogP contribution in [-0.4, -0.2) is 24.0 Å². The van der Waals surface area contributed by atoms with Crippen LogP contribution in [0.2, 0.25) is 0 Å². The van der Waals surface area contributed by atoms with Gasteiger partial charge in [0.05, 0.1) is 12.0 Å². The number of hydrogen-bond acceptors (Lipinski definition) is 2. The predicted octanol–water partition coefficient (Wildman–Crippen LogP) is 4.61. The lowest BCUT2D eigenvalue weighted by Gasteiger charge is -2.39. The average molecular weight is 276 g/mol. The molecule has 0 aromatic carbocycles. The zero-order chi connectivity index (χ0) is 14.4. The number of nitriles is 1. The van der Waals surface area contributed by atoms with E-state index in [1.54, 1.807) is 0 Å². The van der Waals surface area contributed by atoms with Crippen LogP contribution >= 0.6 is 0 Å². The molecular weight excluding hydrogens is 244 g/mol. The molecule has 2 heteroatoms. The molecule has 1 aliphatic carbocycles. The average Bonchev–Trinajstić information content (AvgIpc) is 2.72. The van der Waals surface area contributed by atoms with E-state index in [1.807, 2.05) is 0 Å². The molecule has 0 aromatic rings. The molecule has 2 fully saturated rings. The van der Waals surface area contributed by atoms with E-state index in [4.69, 9.17) is 0 Å². The van der Waals surface area contributed by atoms with Gasteiger partial charge in [-0.15, -0.1) is 0 Å². The molecule has 1 aliphatic heterocycles. The van der Waals surface area contributed by atoms with Gasteiger partial charge in [0, 0.05) is 6.04 Å². The molecule has 0 aromatic heterocycles. The summed E-state index contributed by atoms with van der Waals surface area (Å²) in [6.45, 7) is 7.10. The third kappa shape index (κ3) is 3.98. The van der Waals surface area contributed by atoms with E-state index >= 15 is 0 Å². The molecule has 4 unspecified atom stereocenters. The molecule has 0 N–H and O–H groups in total. The monoisotopic (exact) mass is 276 g/mol. The first-order valence-corrected chi connectivity index (χ1v) is 8.92. The van der Waals surface area contributed by atoms with E-state index in [0.717, 1.165) is 18.3 Å². The summed E-state index contributed by atoms with van der Waals surface area (Å²) >= 11 is 0. The number of likely N-dealkylation sites (tertiary alicyclic amines) is 1. The maximum Gasteiger partial charge on any atom is 0.0672 e. The van der Waals surface area contributed by atoms with Crippen LogP contribution in [0.1, 0.15) is 71.6 Å². The summed E-state index contributed by atoms with van der Waals surface area (Å²) < 4.78 is 0. The Morgan fingerprint density at radius 3 is 2.60 bits per heavy atom. The molecule has 1 saturated heterocycles. The first-order chi connectivity index (χ1) is 9.78. The van der Waals surface area contributed by atoms with Crippen molar-refractivity contribution in [1.82, 2.24) is 4.90 Å². The smallest absolute Gasteiger partial charge is 0.0672 e.